The summed E-state index contributed by atoms with van der Waals surface area (Å²) in [5.41, 5.74) is 0.441. The van der Waals surface area contributed by atoms with Gasteiger partial charge in [-0.3, -0.25) is 4.79 Å². The maximum atomic E-state index is 11.5. The first kappa shape index (κ1) is 11.2. The minimum atomic E-state index is -2.92. The molecule has 1 atom stereocenters. The Morgan fingerprint density at radius 2 is 2.07 bits per heavy atom. The van der Waals surface area contributed by atoms with Crippen LogP contribution in [0.4, 0.5) is 0 Å². The smallest absolute Gasteiger partial charge is 0.248 e. The van der Waals surface area contributed by atoms with Gasteiger partial charge in [-0.15, -0.1) is 0 Å². The van der Waals surface area contributed by atoms with Crippen LogP contribution in [-0.2, 0) is 14.6 Å². The Morgan fingerprint density at radius 3 is 2.43 bits per heavy atom. The van der Waals surface area contributed by atoms with Crippen molar-refractivity contribution in [2.24, 2.45) is 0 Å². The van der Waals surface area contributed by atoms with E-state index >= 15 is 0 Å². The predicted octanol–water partition coefficient (Wildman–Crippen LogP) is 0.208. The van der Waals surface area contributed by atoms with Gasteiger partial charge >= 0.3 is 0 Å². The molecule has 5 heteroatoms. The van der Waals surface area contributed by atoms with Crippen molar-refractivity contribution in [3.8, 4) is 0 Å². The van der Waals surface area contributed by atoms with Crippen LogP contribution in [-0.4, -0.2) is 43.8 Å². The van der Waals surface area contributed by atoms with E-state index in [9.17, 15) is 13.2 Å². The fourth-order valence-corrected chi connectivity index (χ4v) is 3.32. The third-order valence-corrected chi connectivity index (χ3v) is 4.19. The zero-order chi connectivity index (χ0) is 10.9. The van der Waals surface area contributed by atoms with Gasteiger partial charge in [-0.2, -0.15) is 0 Å². The molecule has 1 fully saturated rings. The second-order valence-electron chi connectivity index (χ2n) is 3.75. The van der Waals surface area contributed by atoms with E-state index in [0.717, 1.165) is 0 Å². The second-order valence-corrected chi connectivity index (χ2v) is 5.98. The predicted molar refractivity (Wildman–Crippen MR) is 54.6 cm³/mol. The van der Waals surface area contributed by atoms with Crippen molar-refractivity contribution in [1.29, 1.82) is 0 Å². The minimum absolute atomic E-state index is 0.0858. The third-order valence-electron chi connectivity index (χ3n) is 2.44. The number of nitrogens with zero attached hydrogens (tertiary/aromatic N) is 1. The van der Waals surface area contributed by atoms with Crippen molar-refractivity contribution in [2.45, 2.75) is 19.4 Å². The van der Waals surface area contributed by atoms with E-state index < -0.39 is 9.84 Å². The molecule has 0 aromatic carbocycles. The molecule has 1 rings (SSSR count). The molecule has 0 N–H and O–H groups in total. The van der Waals surface area contributed by atoms with Crippen molar-refractivity contribution in [3.05, 3.63) is 12.2 Å². The average Bonchev–Trinajstić information content (AvgIpc) is 2.43. The van der Waals surface area contributed by atoms with Crippen LogP contribution < -0.4 is 0 Å². The van der Waals surface area contributed by atoms with E-state index in [0.29, 0.717) is 12.0 Å². The maximum Gasteiger partial charge on any atom is 0.248 e. The summed E-state index contributed by atoms with van der Waals surface area (Å²) in [7, 11) is -1.30. The molecule has 0 aromatic rings. The SMILES string of the molecule is C=C(C)C(=O)N(C)C1CCS(=O)(=O)C1. The molecule has 14 heavy (non-hydrogen) atoms. The lowest BCUT2D eigenvalue weighted by atomic mass is 10.2. The highest BCUT2D eigenvalue weighted by molar-refractivity contribution is 7.91. The van der Waals surface area contributed by atoms with Crippen LogP contribution in [0.2, 0.25) is 0 Å². The summed E-state index contributed by atoms with van der Waals surface area (Å²) >= 11 is 0. The fraction of sp³-hybridized carbons (Fsp3) is 0.667. The summed E-state index contributed by atoms with van der Waals surface area (Å²) in [6.07, 6.45) is 0.540. The minimum Gasteiger partial charge on any atom is -0.338 e. The average molecular weight is 217 g/mol. The van der Waals surface area contributed by atoms with E-state index in [2.05, 4.69) is 6.58 Å². The molecule has 80 valence electrons. The zero-order valence-corrected chi connectivity index (χ0v) is 9.30. The number of likely N-dealkylation sites (N-methyl/N-ethyl adjacent to an activating group) is 1. The highest BCUT2D eigenvalue weighted by atomic mass is 32.2. The molecule has 1 aliphatic heterocycles. The van der Waals surface area contributed by atoms with Crippen LogP contribution in [0.25, 0.3) is 0 Å². The molecule has 1 unspecified atom stereocenters. The van der Waals surface area contributed by atoms with E-state index in [1.54, 1.807) is 14.0 Å². The number of carbonyl (C=O) groups is 1. The van der Waals surface area contributed by atoms with Gasteiger partial charge in [0.05, 0.1) is 11.5 Å². The molecule has 0 bridgehead atoms. The van der Waals surface area contributed by atoms with Crippen LogP contribution >= 0.6 is 0 Å². The van der Waals surface area contributed by atoms with E-state index in [1.807, 2.05) is 0 Å². The quantitative estimate of drug-likeness (QED) is 0.621. The standard InChI is InChI=1S/C9H15NO3S/c1-7(2)9(11)10(3)8-4-5-14(12,13)6-8/h8H,1,4-6H2,2-3H3. The number of amides is 1. The molecule has 4 nitrogen and oxygen atoms in total. The normalized spacial score (nSPS) is 24.6. The first-order valence-electron chi connectivity index (χ1n) is 4.46. The number of hydrogen-bond acceptors (Lipinski definition) is 3. The lowest BCUT2D eigenvalue weighted by Gasteiger charge is -2.23. The molecule has 0 radical (unpaired) electrons. The lowest BCUT2D eigenvalue weighted by molar-refractivity contribution is -0.127. The number of sulfone groups is 1. The summed E-state index contributed by atoms with van der Waals surface area (Å²) in [5.74, 6) is 0.0978. The summed E-state index contributed by atoms with van der Waals surface area (Å²) in [6, 6.07) is -0.177. The Hall–Kier alpha value is -0.840. The monoisotopic (exact) mass is 217 g/mol. The second kappa shape index (κ2) is 3.73. The topological polar surface area (TPSA) is 54.5 Å². The van der Waals surface area contributed by atoms with Gasteiger partial charge in [-0.25, -0.2) is 8.42 Å². The first-order chi connectivity index (χ1) is 6.33. The molecule has 1 saturated heterocycles. The molecule has 0 aromatic heterocycles. The number of carbonyl (C=O) groups excluding carboxylic acids is 1. The summed E-state index contributed by atoms with van der Waals surface area (Å²) in [5, 5.41) is 0. The molecule has 1 heterocycles. The van der Waals surface area contributed by atoms with Gasteiger partial charge in [0.25, 0.3) is 0 Å². The van der Waals surface area contributed by atoms with E-state index in [1.165, 1.54) is 4.90 Å². The van der Waals surface area contributed by atoms with Crippen molar-refractivity contribution in [2.75, 3.05) is 18.6 Å². The summed E-state index contributed by atoms with van der Waals surface area (Å²) in [4.78, 5) is 13.0. The van der Waals surface area contributed by atoms with Gasteiger partial charge in [0, 0.05) is 18.7 Å². The van der Waals surface area contributed by atoms with Crippen molar-refractivity contribution >= 4 is 15.7 Å². The Labute approximate surface area is 84.5 Å². The van der Waals surface area contributed by atoms with Crippen molar-refractivity contribution in [3.63, 3.8) is 0 Å². The first-order valence-corrected chi connectivity index (χ1v) is 6.29. The van der Waals surface area contributed by atoms with E-state index in [-0.39, 0.29) is 23.5 Å². The van der Waals surface area contributed by atoms with Crippen molar-refractivity contribution in [1.82, 2.24) is 4.90 Å². The van der Waals surface area contributed by atoms with Crippen molar-refractivity contribution < 1.29 is 13.2 Å². The van der Waals surface area contributed by atoms with E-state index in [4.69, 9.17) is 0 Å². The van der Waals surface area contributed by atoms with Crippen LogP contribution in [0.5, 0.6) is 0 Å². The van der Waals surface area contributed by atoms with Gasteiger partial charge in [0.1, 0.15) is 0 Å². The van der Waals surface area contributed by atoms with Gasteiger partial charge in [-0.1, -0.05) is 6.58 Å². The van der Waals surface area contributed by atoms with Gasteiger partial charge in [-0.05, 0) is 13.3 Å². The largest absolute Gasteiger partial charge is 0.338 e. The Bertz CT molecular complexity index is 358. The van der Waals surface area contributed by atoms with Crippen LogP contribution in [0.3, 0.4) is 0 Å². The zero-order valence-electron chi connectivity index (χ0n) is 8.49. The third kappa shape index (κ3) is 2.35. The van der Waals surface area contributed by atoms with Crippen LogP contribution in [0.15, 0.2) is 12.2 Å². The molecule has 0 saturated carbocycles. The van der Waals surface area contributed by atoms with Gasteiger partial charge in [0.15, 0.2) is 9.84 Å². The number of hydrogen-bond donors (Lipinski definition) is 0. The summed E-state index contributed by atoms with van der Waals surface area (Å²) < 4.78 is 22.4. The lowest BCUT2D eigenvalue weighted by Crippen LogP contribution is -2.38. The van der Waals surface area contributed by atoms with Gasteiger partial charge < -0.3 is 4.90 Å². The Balaban J connectivity index is 2.69. The molecule has 0 spiro atoms. The number of rotatable bonds is 2. The molecular formula is C9H15NO3S. The molecule has 1 aliphatic rings. The maximum absolute atomic E-state index is 11.5. The summed E-state index contributed by atoms with van der Waals surface area (Å²) in [6.45, 7) is 5.17. The highest BCUT2D eigenvalue weighted by Gasteiger charge is 2.32. The molecular weight excluding hydrogens is 202 g/mol. The highest BCUT2D eigenvalue weighted by Crippen LogP contribution is 2.17. The van der Waals surface area contributed by atoms with Gasteiger partial charge in [0.2, 0.25) is 5.91 Å². The molecule has 0 aliphatic carbocycles. The van der Waals surface area contributed by atoms with Crippen LogP contribution in [0, 0.1) is 0 Å². The Kier molecular flexibility index (Phi) is 2.99. The fourth-order valence-electron chi connectivity index (χ4n) is 1.55. The Morgan fingerprint density at radius 1 is 1.50 bits per heavy atom. The molecule has 1 amide bonds. The van der Waals surface area contributed by atoms with Crippen LogP contribution in [0.1, 0.15) is 13.3 Å².